The molecule has 130 valence electrons. The molecule has 2 nitrogen and oxygen atoms in total. The summed E-state index contributed by atoms with van der Waals surface area (Å²) in [4.78, 5) is -0.929. The van der Waals surface area contributed by atoms with E-state index in [0.29, 0.717) is 17.6 Å². The number of rotatable bonds is 3. The predicted octanol–water partition coefficient (Wildman–Crippen LogP) is 4.69. The van der Waals surface area contributed by atoms with Gasteiger partial charge in [-0.25, -0.2) is 21.6 Å². The predicted molar refractivity (Wildman–Crippen MR) is 91.2 cm³/mol. The molecule has 0 saturated heterocycles. The van der Waals surface area contributed by atoms with E-state index < -0.39 is 26.4 Å². The molecule has 1 aliphatic rings. The average molecular weight is 364 g/mol. The highest BCUT2D eigenvalue weighted by atomic mass is 32.2. The lowest BCUT2D eigenvalue weighted by atomic mass is 9.95. The Balaban J connectivity index is 2.16. The molecule has 0 saturated carbocycles. The van der Waals surface area contributed by atoms with Crippen LogP contribution in [0.3, 0.4) is 0 Å². The Morgan fingerprint density at radius 2 is 1.56 bits per heavy atom. The van der Waals surface area contributed by atoms with Crippen molar-refractivity contribution in [1.82, 2.24) is 0 Å². The monoisotopic (exact) mass is 364 g/mol. The molecule has 0 N–H and O–H groups in total. The second kappa shape index (κ2) is 6.19. The molecular formula is C19H15F3O2S. The minimum absolute atomic E-state index is 0.268. The minimum atomic E-state index is -4.00. The van der Waals surface area contributed by atoms with Crippen molar-refractivity contribution < 1.29 is 21.6 Å². The van der Waals surface area contributed by atoms with E-state index in [1.54, 1.807) is 19.1 Å². The van der Waals surface area contributed by atoms with Gasteiger partial charge in [0.15, 0.2) is 9.84 Å². The van der Waals surface area contributed by atoms with Crippen LogP contribution in [0.4, 0.5) is 13.2 Å². The van der Waals surface area contributed by atoms with Crippen LogP contribution in [-0.4, -0.2) is 14.7 Å². The molecule has 2 aromatic carbocycles. The molecule has 0 bridgehead atoms. The first-order valence-electron chi connectivity index (χ1n) is 7.54. The van der Waals surface area contributed by atoms with E-state index in [0.717, 1.165) is 29.5 Å². The van der Waals surface area contributed by atoms with E-state index in [4.69, 9.17) is 0 Å². The zero-order chi connectivity index (χ0) is 18.4. The Bertz CT molecular complexity index is 1010. The van der Waals surface area contributed by atoms with E-state index >= 15 is 0 Å². The lowest BCUT2D eigenvalue weighted by Crippen LogP contribution is -2.05. The van der Waals surface area contributed by atoms with Gasteiger partial charge in [-0.3, -0.25) is 0 Å². The van der Waals surface area contributed by atoms with Gasteiger partial charge in [0.05, 0.1) is 0 Å². The van der Waals surface area contributed by atoms with Crippen molar-refractivity contribution in [2.75, 3.05) is 6.26 Å². The number of benzene rings is 2. The molecule has 6 heteroatoms. The molecule has 0 heterocycles. The van der Waals surface area contributed by atoms with Crippen LogP contribution in [-0.2, 0) is 9.84 Å². The molecule has 0 unspecified atom stereocenters. The average Bonchev–Trinajstić information content (AvgIpc) is 2.97. The van der Waals surface area contributed by atoms with Crippen molar-refractivity contribution in [3.8, 4) is 0 Å². The van der Waals surface area contributed by atoms with Gasteiger partial charge in [0.25, 0.3) is 0 Å². The van der Waals surface area contributed by atoms with Gasteiger partial charge in [0.2, 0.25) is 0 Å². The molecule has 0 aliphatic heterocycles. The lowest BCUT2D eigenvalue weighted by Gasteiger charge is -2.11. The SMILES string of the molecule is Cc1cc(C2=C(c3cc(F)c(S(C)(=O)=O)c(F)c3)CC=C2)ccc1F. The quantitative estimate of drug-likeness (QED) is 0.792. The molecule has 3 rings (SSSR count). The summed E-state index contributed by atoms with van der Waals surface area (Å²) >= 11 is 0. The number of allylic oxidation sites excluding steroid dienone is 4. The Morgan fingerprint density at radius 1 is 0.920 bits per heavy atom. The van der Waals surface area contributed by atoms with Crippen molar-refractivity contribution in [3.05, 3.63) is 76.6 Å². The highest BCUT2D eigenvalue weighted by molar-refractivity contribution is 7.90. The smallest absolute Gasteiger partial charge is 0.181 e. The van der Waals surface area contributed by atoms with Crippen LogP contribution < -0.4 is 0 Å². The molecule has 0 spiro atoms. The van der Waals surface area contributed by atoms with Gasteiger partial charge in [0.1, 0.15) is 22.3 Å². The number of halogens is 3. The van der Waals surface area contributed by atoms with Crippen LogP contribution >= 0.6 is 0 Å². The molecule has 0 atom stereocenters. The standard InChI is InChI=1S/C19H15F3O2S/c1-11-8-12(6-7-16(11)20)14-4-3-5-15(14)13-9-17(21)19(18(22)10-13)25(2,23)24/h3-4,6-10H,5H2,1-2H3. The van der Waals surface area contributed by atoms with Gasteiger partial charge in [-0.1, -0.05) is 18.2 Å². The van der Waals surface area contributed by atoms with Crippen LogP contribution in [0, 0.1) is 24.4 Å². The third-order valence-corrected chi connectivity index (χ3v) is 5.25. The van der Waals surface area contributed by atoms with E-state index in [1.807, 2.05) is 12.2 Å². The molecule has 0 amide bonds. The maximum Gasteiger partial charge on any atom is 0.181 e. The number of hydrogen-bond donors (Lipinski definition) is 0. The molecule has 0 fully saturated rings. The van der Waals surface area contributed by atoms with Crippen molar-refractivity contribution in [3.63, 3.8) is 0 Å². The summed E-state index contributed by atoms with van der Waals surface area (Å²) in [7, 11) is -4.00. The first kappa shape index (κ1) is 17.5. The number of aryl methyl sites for hydroxylation is 1. The molecule has 1 aliphatic carbocycles. The maximum absolute atomic E-state index is 14.2. The lowest BCUT2D eigenvalue weighted by molar-refractivity contribution is 0.520. The second-order valence-corrected chi connectivity index (χ2v) is 7.96. The first-order valence-corrected chi connectivity index (χ1v) is 9.43. The van der Waals surface area contributed by atoms with Crippen molar-refractivity contribution >= 4 is 21.0 Å². The van der Waals surface area contributed by atoms with E-state index in [2.05, 4.69) is 0 Å². The molecule has 0 aromatic heterocycles. The second-order valence-electron chi connectivity index (χ2n) is 6.00. The highest BCUT2D eigenvalue weighted by Gasteiger charge is 2.23. The van der Waals surface area contributed by atoms with E-state index in [9.17, 15) is 21.6 Å². The fourth-order valence-electron chi connectivity index (χ4n) is 2.95. The van der Waals surface area contributed by atoms with Crippen molar-refractivity contribution in [2.45, 2.75) is 18.2 Å². The topological polar surface area (TPSA) is 34.1 Å². The van der Waals surface area contributed by atoms with Crippen LogP contribution in [0.15, 0.2) is 47.4 Å². The van der Waals surface area contributed by atoms with Crippen LogP contribution in [0.2, 0.25) is 0 Å². The van der Waals surface area contributed by atoms with Gasteiger partial charge in [-0.2, -0.15) is 0 Å². The molecule has 0 radical (unpaired) electrons. The minimum Gasteiger partial charge on any atom is -0.224 e. The van der Waals surface area contributed by atoms with E-state index in [-0.39, 0.29) is 11.4 Å². The van der Waals surface area contributed by atoms with E-state index in [1.165, 1.54) is 6.07 Å². The molecular weight excluding hydrogens is 349 g/mol. The van der Waals surface area contributed by atoms with Gasteiger partial charge in [-0.15, -0.1) is 0 Å². The van der Waals surface area contributed by atoms with Crippen LogP contribution in [0.1, 0.15) is 23.1 Å². The summed E-state index contributed by atoms with van der Waals surface area (Å²) in [5.41, 5.74) is 2.85. The summed E-state index contributed by atoms with van der Waals surface area (Å²) in [5.74, 6) is -2.57. The van der Waals surface area contributed by atoms with Gasteiger partial charge >= 0.3 is 0 Å². The highest BCUT2D eigenvalue weighted by Crippen LogP contribution is 2.37. The Morgan fingerprint density at radius 3 is 2.12 bits per heavy atom. The third-order valence-electron chi connectivity index (χ3n) is 4.12. The van der Waals surface area contributed by atoms with Gasteiger partial charge in [0, 0.05) is 6.26 Å². The van der Waals surface area contributed by atoms with Crippen molar-refractivity contribution in [2.24, 2.45) is 0 Å². The summed E-state index contributed by atoms with van der Waals surface area (Å²) in [6.45, 7) is 1.64. The van der Waals surface area contributed by atoms with Gasteiger partial charge < -0.3 is 0 Å². The van der Waals surface area contributed by atoms with Crippen LogP contribution in [0.5, 0.6) is 0 Å². The Hall–Kier alpha value is -2.34. The Labute approximate surface area is 144 Å². The summed E-state index contributed by atoms with van der Waals surface area (Å²) < 4.78 is 64.9. The van der Waals surface area contributed by atoms with Gasteiger partial charge in [-0.05, 0) is 65.4 Å². The zero-order valence-electron chi connectivity index (χ0n) is 13.6. The first-order chi connectivity index (χ1) is 11.7. The normalized spacial score (nSPS) is 14.4. The zero-order valence-corrected chi connectivity index (χ0v) is 14.4. The summed E-state index contributed by atoms with van der Waals surface area (Å²) in [5, 5.41) is 0. The van der Waals surface area contributed by atoms with Crippen molar-refractivity contribution in [1.29, 1.82) is 0 Å². The molecule has 2 aromatic rings. The summed E-state index contributed by atoms with van der Waals surface area (Å²) in [6.07, 6.45) is 4.85. The number of sulfone groups is 1. The largest absolute Gasteiger partial charge is 0.224 e. The molecule has 25 heavy (non-hydrogen) atoms. The Kier molecular flexibility index (Phi) is 4.33. The number of hydrogen-bond acceptors (Lipinski definition) is 2. The fourth-order valence-corrected chi connectivity index (χ4v) is 3.78. The fraction of sp³-hybridized carbons (Fsp3) is 0.158. The van der Waals surface area contributed by atoms with Crippen LogP contribution in [0.25, 0.3) is 11.1 Å². The maximum atomic E-state index is 14.2. The third kappa shape index (κ3) is 3.26. The summed E-state index contributed by atoms with van der Waals surface area (Å²) in [6, 6.07) is 6.66.